The summed E-state index contributed by atoms with van der Waals surface area (Å²) in [5.74, 6) is -0.0154. The Morgan fingerprint density at radius 3 is 2.38 bits per heavy atom. The van der Waals surface area contributed by atoms with Crippen molar-refractivity contribution in [2.75, 3.05) is 26.2 Å². The van der Waals surface area contributed by atoms with E-state index < -0.39 is 5.60 Å². The molecule has 6 nitrogen and oxygen atoms in total. The highest BCUT2D eigenvalue weighted by atomic mass is 16.6. The molecule has 3 aliphatic heterocycles. The Balaban J connectivity index is 1.57. The molecule has 1 atom stereocenters. The molecule has 0 aromatic heterocycles. The molecular weight excluding hydrogens is 332 g/mol. The van der Waals surface area contributed by atoms with E-state index >= 15 is 0 Å². The number of carbonyl (C=O) groups excluding carboxylic acids is 2. The fourth-order valence-corrected chi connectivity index (χ4v) is 4.81. The Labute approximate surface area is 157 Å². The van der Waals surface area contributed by atoms with Crippen LogP contribution in [0.3, 0.4) is 0 Å². The molecule has 0 aromatic carbocycles. The van der Waals surface area contributed by atoms with Gasteiger partial charge in [0, 0.05) is 32.1 Å². The van der Waals surface area contributed by atoms with Gasteiger partial charge >= 0.3 is 12.1 Å². The molecule has 148 valence electrons. The number of likely N-dealkylation sites (tertiary alicyclic amines) is 2. The average Bonchev–Trinajstić information content (AvgIpc) is 2.74. The number of piperidine rings is 2. The summed E-state index contributed by atoms with van der Waals surface area (Å²) in [5, 5.41) is 0. The minimum Gasteiger partial charge on any atom is -0.459 e. The lowest BCUT2D eigenvalue weighted by Gasteiger charge is -2.44. The van der Waals surface area contributed by atoms with Crippen molar-refractivity contribution < 1.29 is 19.1 Å². The van der Waals surface area contributed by atoms with Crippen LogP contribution in [-0.2, 0) is 14.3 Å². The predicted octanol–water partition coefficient (Wildman–Crippen LogP) is 3.19. The van der Waals surface area contributed by atoms with E-state index in [2.05, 4.69) is 4.90 Å². The van der Waals surface area contributed by atoms with Gasteiger partial charge in [-0.15, -0.1) is 0 Å². The molecule has 0 bridgehead atoms. The largest absolute Gasteiger partial charge is 0.459 e. The fraction of sp³-hybridized carbons (Fsp3) is 0.900. The van der Waals surface area contributed by atoms with E-state index in [9.17, 15) is 9.59 Å². The summed E-state index contributed by atoms with van der Waals surface area (Å²) in [5.41, 5.74) is -1.13. The normalized spacial score (nSPS) is 30.5. The van der Waals surface area contributed by atoms with Crippen molar-refractivity contribution in [2.24, 2.45) is 5.41 Å². The van der Waals surface area contributed by atoms with E-state index in [1.165, 1.54) is 0 Å². The van der Waals surface area contributed by atoms with Crippen LogP contribution in [0.4, 0.5) is 4.79 Å². The first-order valence-corrected chi connectivity index (χ1v) is 9.95. The van der Waals surface area contributed by atoms with Gasteiger partial charge < -0.3 is 14.4 Å². The van der Waals surface area contributed by atoms with Crippen molar-refractivity contribution in [2.45, 2.75) is 84.0 Å². The highest BCUT2D eigenvalue weighted by molar-refractivity contribution is 5.80. The molecule has 3 rings (SSSR count). The summed E-state index contributed by atoms with van der Waals surface area (Å²) in [7, 11) is 0. The Hall–Kier alpha value is -1.30. The van der Waals surface area contributed by atoms with Gasteiger partial charge in [0.1, 0.15) is 11.2 Å². The molecule has 1 spiro atoms. The van der Waals surface area contributed by atoms with Crippen molar-refractivity contribution in [1.29, 1.82) is 0 Å². The summed E-state index contributed by atoms with van der Waals surface area (Å²) in [4.78, 5) is 29.1. The molecule has 3 aliphatic rings. The zero-order chi connectivity index (χ0) is 19.2. The van der Waals surface area contributed by atoms with E-state index in [4.69, 9.17) is 9.47 Å². The van der Waals surface area contributed by atoms with Crippen LogP contribution in [0.5, 0.6) is 0 Å². The molecule has 0 aromatic rings. The summed E-state index contributed by atoms with van der Waals surface area (Å²) in [6.07, 6.45) is 4.44. The number of ether oxygens (including phenoxy) is 2. The maximum absolute atomic E-state index is 12.6. The summed E-state index contributed by atoms with van der Waals surface area (Å²) in [6.45, 7) is 13.0. The molecule has 6 heteroatoms. The van der Waals surface area contributed by atoms with Crippen molar-refractivity contribution in [3.63, 3.8) is 0 Å². The summed E-state index contributed by atoms with van der Waals surface area (Å²) >= 11 is 0. The summed E-state index contributed by atoms with van der Waals surface area (Å²) < 4.78 is 11.1. The van der Waals surface area contributed by atoms with E-state index in [1.807, 2.05) is 39.5 Å². The number of esters is 1. The molecule has 1 unspecified atom stereocenters. The topological polar surface area (TPSA) is 59.1 Å². The SMILES string of the molecule is CC(C)(C)OC(=O)N1CCC(N2CCCC3(C2)CC(C)(C)OC3=O)CC1. The van der Waals surface area contributed by atoms with Crippen LogP contribution in [0.1, 0.15) is 66.7 Å². The molecule has 1 amide bonds. The second kappa shape index (κ2) is 6.70. The van der Waals surface area contributed by atoms with Gasteiger partial charge in [0.25, 0.3) is 0 Å². The maximum atomic E-state index is 12.6. The standard InChI is InChI=1S/C20H34N2O4/c1-18(2,3)26-17(24)21-11-7-15(8-12-21)22-10-6-9-20(14-22)13-19(4,5)25-16(20)23/h15H,6-14H2,1-5H3. The Morgan fingerprint density at radius 1 is 1.19 bits per heavy atom. The smallest absolute Gasteiger partial charge is 0.410 e. The first-order valence-electron chi connectivity index (χ1n) is 9.95. The molecule has 3 heterocycles. The third-order valence-electron chi connectivity index (χ3n) is 5.81. The van der Waals surface area contributed by atoms with E-state index in [0.29, 0.717) is 6.04 Å². The highest BCUT2D eigenvalue weighted by Gasteiger charge is 2.54. The van der Waals surface area contributed by atoms with Crippen LogP contribution in [0.2, 0.25) is 0 Å². The van der Waals surface area contributed by atoms with Crippen molar-refractivity contribution in [3.05, 3.63) is 0 Å². The molecule has 0 N–H and O–H groups in total. The van der Waals surface area contributed by atoms with E-state index in [1.54, 1.807) is 0 Å². The van der Waals surface area contributed by atoms with Crippen LogP contribution < -0.4 is 0 Å². The van der Waals surface area contributed by atoms with Crippen LogP contribution in [0, 0.1) is 5.41 Å². The van der Waals surface area contributed by atoms with Crippen LogP contribution in [-0.4, -0.2) is 65.3 Å². The molecule has 3 saturated heterocycles. The van der Waals surface area contributed by atoms with Gasteiger partial charge in [0.15, 0.2) is 0 Å². The van der Waals surface area contributed by atoms with Crippen molar-refractivity contribution in [3.8, 4) is 0 Å². The number of hydrogen-bond acceptors (Lipinski definition) is 5. The van der Waals surface area contributed by atoms with Gasteiger partial charge in [-0.25, -0.2) is 4.79 Å². The van der Waals surface area contributed by atoms with E-state index in [-0.39, 0.29) is 23.1 Å². The van der Waals surface area contributed by atoms with Crippen LogP contribution >= 0.6 is 0 Å². The fourth-order valence-electron chi connectivity index (χ4n) is 4.81. The monoisotopic (exact) mass is 366 g/mol. The Bertz CT molecular complexity index is 561. The molecule has 0 saturated carbocycles. The Kier molecular flexibility index (Phi) is 5.01. The summed E-state index contributed by atoms with van der Waals surface area (Å²) in [6, 6.07) is 0.433. The predicted molar refractivity (Wildman–Crippen MR) is 98.9 cm³/mol. The molecule has 0 aliphatic carbocycles. The lowest BCUT2D eigenvalue weighted by atomic mass is 9.74. The zero-order valence-corrected chi connectivity index (χ0v) is 17.0. The number of hydrogen-bond donors (Lipinski definition) is 0. The Morgan fingerprint density at radius 2 is 1.85 bits per heavy atom. The quantitative estimate of drug-likeness (QED) is 0.667. The minimum atomic E-state index is -0.456. The number of nitrogens with zero attached hydrogens (tertiary/aromatic N) is 2. The van der Waals surface area contributed by atoms with Gasteiger partial charge in [-0.2, -0.15) is 0 Å². The van der Waals surface area contributed by atoms with Gasteiger partial charge in [-0.3, -0.25) is 9.69 Å². The average molecular weight is 367 g/mol. The van der Waals surface area contributed by atoms with Gasteiger partial charge in [0.05, 0.1) is 5.41 Å². The zero-order valence-electron chi connectivity index (χ0n) is 17.0. The molecule has 3 fully saturated rings. The second-order valence-corrected chi connectivity index (χ2v) is 9.88. The second-order valence-electron chi connectivity index (χ2n) is 9.88. The lowest BCUT2D eigenvalue weighted by molar-refractivity contribution is -0.154. The number of carbonyl (C=O) groups is 2. The minimum absolute atomic E-state index is 0.0154. The molecule has 0 radical (unpaired) electrons. The van der Waals surface area contributed by atoms with Gasteiger partial charge in [-0.1, -0.05) is 0 Å². The van der Waals surface area contributed by atoms with Crippen molar-refractivity contribution in [1.82, 2.24) is 9.80 Å². The number of amides is 1. The number of cyclic esters (lactones) is 1. The lowest BCUT2D eigenvalue weighted by Crippen LogP contribution is -2.53. The van der Waals surface area contributed by atoms with Crippen LogP contribution in [0.15, 0.2) is 0 Å². The first kappa shape index (κ1) is 19.5. The van der Waals surface area contributed by atoms with Gasteiger partial charge in [0.2, 0.25) is 0 Å². The first-order chi connectivity index (χ1) is 12.0. The third kappa shape index (κ3) is 4.16. The highest BCUT2D eigenvalue weighted by Crippen LogP contribution is 2.46. The molecular formula is C20H34N2O4. The van der Waals surface area contributed by atoms with Gasteiger partial charge in [-0.05, 0) is 66.8 Å². The van der Waals surface area contributed by atoms with Crippen molar-refractivity contribution >= 4 is 12.1 Å². The maximum Gasteiger partial charge on any atom is 0.410 e. The third-order valence-corrected chi connectivity index (χ3v) is 5.81. The number of rotatable bonds is 1. The molecule has 26 heavy (non-hydrogen) atoms. The van der Waals surface area contributed by atoms with E-state index in [0.717, 1.165) is 58.3 Å². The van der Waals surface area contributed by atoms with Crippen LogP contribution in [0.25, 0.3) is 0 Å².